The first-order valence-corrected chi connectivity index (χ1v) is 15.2. The van der Waals surface area contributed by atoms with Crippen LogP contribution in [0.25, 0.3) is 0 Å². The van der Waals surface area contributed by atoms with E-state index in [2.05, 4.69) is 136 Å². The average Bonchev–Trinajstić information content (AvgIpc) is 3.08. The molecule has 126 valence electrons. The zero-order valence-electron chi connectivity index (χ0n) is 12.1. The Morgan fingerprint density at radius 3 is 0.810 bits per heavy atom. The van der Waals surface area contributed by atoms with Crippen molar-refractivity contribution in [3.8, 4) is 0 Å². The lowest BCUT2D eigenvalue weighted by Crippen LogP contribution is -2.01. The molecule has 0 heterocycles. The van der Waals surface area contributed by atoms with E-state index in [1.54, 1.807) is 0 Å². The summed E-state index contributed by atoms with van der Waals surface area (Å²) in [6.45, 7) is 0. The SMILES string of the molecule is IC1CCC(I)C1.IC1CCC(I)C1.IC1CCCC1I. The largest absolute Gasteiger partial charge is 0.0826 e. The highest BCUT2D eigenvalue weighted by molar-refractivity contribution is 14.1. The summed E-state index contributed by atoms with van der Waals surface area (Å²) in [4.78, 5) is 0. The quantitative estimate of drug-likeness (QED) is 0.170. The van der Waals surface area contributed by atoms with Gasteiger partial charge in [-0.2, -0.15) is 0 Å². The Morgan fingerprint density at radius 1 is 0.429 bits per heavy atom. The van der Waals surface area contributed by atoms with Crippen molar-refractivity contribution in [2.75, 3.05) is 0 Å². The van der Waals surface area contributed by atoms with E-state index in [-0.39, 0.29) is 0 Å². The van der Waals surface area contributed by atoms with Crippen LogP contribution < -0.4 is 0 Å². The van der Waals surface area contributed by atoms with Crippen molar-refractivity contribution in [1.29, 1.82) is 0 Å². The monoisotopic (exact) mass is 966 g/mol. The van der Waals surface area contributed by atoms with Crippen LogP contribution in [0.5, 0.6) is 0 Å². The Bertz CT molecular complexity index is 233. The maximum absolute atomic E-state index is 2.55. The second-order valence-corrected chi connectivity index (χ2v) is 16.2. The maximum Gasteiger partial charge on any atom is 0.0227 e. The van der Waals surface area contributed by atoms with Gasteiger partial charge in [0.15, 0.2) is 0 Å². The molecule has 0 bridgehead atoms. The molecular weight excluding hydrogens is 942 g/mol. The van der Waals surface area contributed by atoms with Gasteiger partial charge < -0.3 is 0 Å². The molecule has 21 heavy (non-hydrogen) atoms. The first-order valence-electron chi connectivity index (χ1n) is 7.73. The first-order chi connectivity index (χ1) is 9.88. The molecule has 0 N–H and O–H groups in total. The third-order valence-corrected chi connectivity index (χ3v) is 12.8. The van der Waals surface area contributed by atoms with Crippen molar-refractivity contribution in [2.24, 2.45) is 0 Å². The molecule has 0 aromatic heterocycles. The molecule has 3 fully saturated rings. The molecule has 0 radical (unpaired) electrons. The highest BCUT2D eigenvalue weighted by Crippen LogP contribution is 2.32. The molecule has 0 spiro atoms. The zero-order chi connectivity index (χ0) is 15.8. The van der Waals surface area contributed by atoms with Crippen LogP contribution in [-0.2, 0) is 0 Å². The van der Waals surface area contributed by atoms with Crippen LogP contribution in [0.1, 0.15) is 57.8 Å². The fourth-order valence-electron chi connectivity index (χ4n) is 2.62. The second kappa shape index (κ2) is 13.5. The van der Waals surface area contributed by atoms with Crippen LogP contribution in [-0.4, -0.2) is 23.5 Å². The van der Waals surface area contributed by atoms with Gasteiger partial charge in [-0.3, -0.25) is 0 Å². The number of hydrogen-bond acceptors (Lipinski definition) is 0. The van der Waals surface area contributed by atoms with Crippen LogP contribution in [0, 0.1) is 0 Å². The topological polar surface area (TPSA) is 0 Å². The van der Waals surface area contributed by atoms with Gasteiger partial charge >= 0.3 is 0 Å². The van der Waals surface area contributed by atoms with E-state index >= 15 is 0 Å². The first kappa shape index (κ1) is 23.4. The minimum absolute atomic E-state index is 0.971. The van der Waals surface area contributed by atoms with Crippen molar-refractivity contribution in [1.82, 2.24) is 0 Å². The van der Waals surface area contributed by atoms with E-state index in [0.717, 1.165) is 23.5 Å². The van der Waals surface area contributed by atoms with E-state index in [1.165, 1.54) is 57.8 Å². The fourth-order valence-corrected chi connectivity index (χ4v) is 10.1. The molecule has 0 aromatic carbocycles. The molecule has 3 aliphatic carbocycles. The summed E-state index contributed by atoms with van der Waals surface area (Å²) in [7, 11) is 0. The Hall–Kier alpha value is 4.38. The smallest absolute Gasteiger partial charge is 0.0227 e. The zero-order valence-corrected chi connectivity index (χ0v) is 25.0. The molecule has 6 unspecified atom stereocenters. The average molecular weight is 966 g/mol. The lowest BCUT2D eigenvalue weighted by molar-refractivity contribution is 0.897. The molecule has 0 amide bonds. The highest BCUT2D eigenvalue weighted by Gasteiger charge is 2.21. The Labute approximate surface area is 212 Å². The Kier molecular flexibility index (Phi) is 15.1. The molecule has 0 aromatic rings. The standard InChI is InChI=1S/3C5H8I2/c2*6-4-1-2-5(7)3-4;6-4-2-1-3-5(4)7/h3*4-5H,1-3H2. The lowest BCUT2D eigenvalue weighted by Gasteiger charge is -2.00. The number of halogens is 6. The molecule has 6 atom stereocenters. The number of alkyl halides is 6. The Balaban J connectivity index is 0.000000157. The van der Waals surface area contributed by atoms with Gasteiger partial charge in [-0.1, -0.05) is 142 Å². The van der Waals surface area contributed by atoms with Crippen LogP contribution >= 0.6 is 136 Å². The van der Waals surface area contributed by atoms with Crippen molar-refractivity contribution >= 4 is 136 Å². The van der Waals surface area contributed by atoms with Crippen molar-refractivity contribution < 1.29 is 0 Å². The van der Waals surface area contributed by atoms with Gasteiger partial charge in [-0.25, -0.2) is 0 Å². The van der Waals surface area contributed by atoms with Crippen molar-refractivity contribution in [2.45, 2.75) is 81.3 Å². The predicted molar refractivity (Wildman–Crippen MR) is 148 cm³/mol. The van der Waals surface area contributed by atoms with Crippen molar-refractivity contribution in [3.63, 3.8) is 0 Å². The van der Waals surface area contributed by atoms with Crippen molar-refractivity contribution in [3.05, 3.63) is 0 Å². The van der Waals surface area contributed by atoms with E-state index in [9.17, 15) is 0 Å². The normalized spacial score (nSPS) is 42.0. The predicted octanol–water partition coefficient (Wildman–Crippen LogP) is 8.33. The van der Waals surface area contributed by atoms with E-state index in [0.29, 0.717) is 0 Å². The van der Waals surface area contributed by atoms with Crippen LogP contribution in [0.15, 0.2) is 0 Å². The molecule has 0 saturated heterocycles. The van der Waals surface area contributed by atoms with Gasteiger partial charge in [0, 0.05) is 23.5 Å². The molecule has 3 saturated carbocycles. The van der Waals surface area contributed by atoms with Crippen LogP contribution in [0.2, 0.25) is 0 Å². The fraction of sp³-hybridized carbons (Fsp3) is 1.00. The van der Waals surface area contributed by atoms with Gasteiger partial charge in [-0.15, -0.1) is 0 Å². The third-order valence-electron chi connectivity index (χ3n) is 3.96. The van der Waals surface area contributed by atoms with Crippen LogP contribution in [0.3, 0.4) is 0 Å². The summed E-state index contributed by atoms with van der Waals surface area (Å²) in [6, 6.07) is 0. The number of rotatable bonds is 0. The number of hydrogen-bond donors (Lipinski definition) is 0. The van der Waals surface area contributed by atoms with Crippen LogP contribution in [0.4, 0.5) is 0 Å². The molecule has 6 heteroatoms. The summed E-state index contributed by atoms with van der Waals surface area (Å²) in [6.07, 6.45) is 13.1. The van der Waals surface area contributed by atoms with E-state index < -0.39 is 0 Å². The lowest BCUT2D eigenvalue weighted by atomic mass is 10.4. The summed E-state index contributed by atoms with van der Waals surface area (Å²) in [5.74, 6) is 0. The van der Waals surface area contributed by atoms with Gasteiger partial charge in [0.2, 0.25) is 0 Å². The second-order valence-electron chi connectivity index (χ2n) is 5.98. The van der Waals surface area contributed by atoms with E-state index in [4.69, 9.17) is 0 Å². The minimum Gasteiger partial charge on any atom is -0.0826 e. The summed E-state index contributed by atoms with van der Waals surface area (Å²) in [5.41, 5.74) is 0. The van der Waals surface area contributed by atoms with Gasteiger partial charge in [0.1, 0.15) is 0 Å². The summed E-state index contributed by atoms with van der Waals surface area (Å²) < 4.78 is 5.88. The molecule has 3 aliphatic rings. The molecule has 0 aliphatic heterocycles. The Morgan fingerprint density at radius 2 is 0.714 bits per heavy atom. The molecule has 3 rings (SSSR count). The molecule has 0 nitrogen and oxygen atoms in total. The summed E-state index contributed by atoms with van der Waals surface area (Å²) >= 11 is 15.3. The van der Waals surface area contributed by atoms with E-state index in [1.807, 2.05) is 0 Å². The van der Waals surface area contributed by atoms with Gasteiger partial charge in [-0.05, 0) is 51.4 Å². The highest BCUT2D eigenvalue weighted by atomic mass is 127. The maximum atomic E-state index is 2.55. The van der Waals surface area contributed by atoms with Gasteiger partial charge in [0.25, 0.3) is 0 Å². The molecular formula is C15H24I6. The third kappa shape index (κ3) is 11.6. The minimum atomic E-state index is 0.971. The summed E-state index contributed by atoms with van der Waals surface area (Å²) in [5, 5.41) is 0. The van der Waals surface area contributed by atoms with Gasteiger partial charge in [0.05, 0.1) is 0 Å².